The zero-order valence-electron chi connectivity index (χ0n) is 17.2. The number of ether oxygens (including phenoxy) is 1. The highest BCUT2D eigenvalue weighted by molar-refractivity contribution is 6.31. The van der Waals surface area contributed by atoms with Crippen LogP contribution in [0.4, 0.5) is 5.69 Å². The molecule has 0 aliphatic carbocycles. The van der Waals surface area contributed by atoms with Gasteiger partial charge in [-0.3, -0.25) is 14.4 Å². The van der Waals surface area contributed by atoms with Crippen molar-refractivity contribution in [3.8, 4) is 5.75 Å². The molecule has 1 spiro atoms. The van der Waals surface area contributed by atoms with Crippen LogP contribution in [0.25, 0.3) is 10.9 Å². The van der Waals surface area contributed by atoms with E-state index in [0.29, 0.717) is 11.6 Å². The first-order chi connectivity index (χ1) is 14.5. The Kier molecular flexibility index (Phi) is 4.71. The van der Waals surface area contributed by atoms with Crippen molar-refractivity contribution >= 4 is 34.1 Å². The number of hydrogen-bond acceptors (Lipinski definition) is 4. The number of fused-ring (bicyclic) bond motifs is 3. The van der Waals surface area contributed by atoms with Gasteiger partial charge in [0, 0.05) is 29.2 Å². The monoisotopic (exact) mass is 424 g/mol. The number of carbonyl (C=O) groups excluding carboxylic acids is 1. The first kappa shape index (κ1) is 19.4. The molecular formula is C23H25ClN4O2. The maximum Gasteiger partial charge on any atom is 0.235 e. The normalized spacial score (nSPS) is 19.1. The van der Waals surface area contributed by atoms with Crippen LogP contribution in [0.2, 0.25) is 5.02 Å². The Bertz CT molecular complexity index is 1120. The first-order valence-electron chi connectivity index (χ1n) is 10.4. The molecule has 1 amide bonds. The van der Waals surface area contributed by atoms with Crippen molar-refractivity contribution in [1.82, 2.24) is 14.7 Å². The van der Waals surface area contributed by atoms with E-state index in [2.05, 4.69) is 22.2 Å². The Balaban J connectivity index is 1.23. The van der Waals surface area contributed by atoms with E-state index in [4.69, 9.17) is 16.3 Å². The van der Waals surface area contributed by atoms with Gasteiger partial charge in [-0.2, -0.15) is 5.10 Å². The molecule has 1 fully saturated rings. The number of anilines is 1. The highest BCUT2D eigenvalue weighted by atomic mass is 35.5. The molecule has 5 rings (SSSR count). The minimum absolute atomic E-state index is 0.105. The van der Waals surface area contributed by atoms with Crippen LogP contribution in [0.15, 0.2) is 42.6 Å². The number of piperidine rings is 1. The van der Waals surface area contributed by atoms with Crippen LogP contribution in [-0.4, -0.2) is 46.3 Å². The molecule has 3 aromatic rings. The Morgan fingerprint density at radius 2 is 2.03 bits per heavy atom. The summed E-state index contributed by atoms with van der Waals surface area (Å²) in [4.78, 5) is 15.2. The maximum atomic E-state index is 12.8. The zero-order chi connectivity index (χ0) is 20.9. The van der Waals surface area contributed by atoms with Gasteiger partial charge in [-0.25, -0.2) is 0 Å². The number of carbonyl (C=O) groups is 1. The number of hydrogen-bond donors (Lipinski definition) is 1. The average Bonchev–Trinajstić information content (AvgIpc) is 3.24. The van der Waals surface area contributed by atoms with Crippen molar-refractivity contribution in [1.29, 1.82) is 0 Å². The fourth-order valence-electron chi connectivity index (χ4n) is 4.78. The van der Waals surface area contributed by atoms with Crippen molar-refractivity contribution in [2.75, 3.05) is 25.0 Å². The molecule has 1 aromatic heterocycles. The molecular weight excluding hydrogens is 400 g/mol. The van der Waals surface area contributed by atoms with Crippen molar-refractivity contribution in [3.05, 3.63) is 53.2 Å². The van der Waals surface area contributed by atoms with E-state index < -0.39 is 5.41 Å². The fraction of sp³-hybridized carbons (Fsp3) is 0.391. The second kappa shape index (κ2) is 7.29. The third kappa shape index (κ3) is 3.15. The van der Waals surface area contributed by atoms with Gasteiger partial charge in [-0.05, 0) is 74.8 Å². The summed E-state index contributed by atoms with van der Waals surface area (Å²) in [5.74, 6) is 0.961. The van der Waals surface area contributed by atoms with Crippen LogP contribution in [0.3, 0.4) is 0 Å². The Morgan fingerprint density at radius 3 is 2.83 bits per heavy atom. The van der Waals surface area contributed by atoms with Gasteiger partial charge >= 0.3 is 0 Å². The number of halogens is 1. The number of rotatable bonds is 4. The van der Waals surface area contributed by atoms with Crippen molar-refractivity contribution in [2.45, 2.75) is 31.2 Å². The quantitative estimate of drug-likeness (QED) is 0.688. The van der Waals surface area contributed by atoms with Gasteiger partial charge in [0.05, 0.1) is 17.1 Å². The highest BCUT2D eigenvalue weighted by Gasteiger charge is 2.48. The van der Waals surface area contributed by atoms with Gasteiger partial charge in [-0.1, -0.05) is 11.6 Å². The molecule has 2 aliphatic rings. The summed E-state index contributed by atoms with van der Waals surface area (Å²) in [7, 11) is 1.94. The molecule has 1 N–H and O–H groups in total. The molecule has 0 bridgehead atoms. The van der Waals surface area contributed by atoms with Crippen LogP contribution in [0.1, 0.15) is 25.3 Å². The predicted molar refractivity (Wildman–Crippen MR) is 118 cm³/mol. The SMILES string of the molecule is CC(COc1ccc2c(cnn2C)c1)N1CCC2(CC1)C(=O)Nc1ccc(Cl)cc12. The second-order valence-electron chi connectivity index (χ2n) is 8.41. The van der Waals surface area contributed by atoms with Crippen LogP contribution in [-0.2, 0) is 17.3 Å². The third-order valence-electron chi connectivity index (χ3n) is 6.66. The maximum absolute atomic E-state index is 12.8. The number of nitrogens with one attached hydrogen (secondary N) is 1. The largest absolute Gasteiger partial charge is 0.492 e. The van der Waals surface area contributed by atoms with Crippen molar-refractivity contribution < 1.29 is 9.53 Å². The molecule has 1 saturated heterocycles. The second-order valence-corrected chi connectivity index (χ2v) is 8.85. The summed E-state index contributed by atoms with van der Waals surface area (Å²) < 4.78 is 7.93. The number of nitrogens with zero attached hydrogens (tertiary/aromatic N) is 3. The lowest BCUT2D eigenvalue weighted by Gasteiger charge is -2.40. The first-order valence-corrected chi connectivity index (χ1v) is 10.7. The smallest absolute Gasteiger partial charge is 0.235 e. The molecule has 1 unspecified atom stereocenters. The van der Waals surface area contributed by atoms with Crippen LogP contribution in [0, 0.1) is 0 Å². The zero-order valence-corrected chi connectivity index (χ0v) is 17.9. The number of benzene rings is 2. The van der Waals surface area contributed by atoms with Crippen molar-refractivity contribution in [2.24, 2.45) is 7.05 Å². The molecule has 7 heteroatoms. The van der Waals surface area contributed by atoms with Gasteiger partial charge in [0.2, 0.25) is 5.91 Å². The van der Waals surface area contributed by atoms with E-state index in [9.17, 15) is 4.79 Å². The average molecular weight is 425 g/mol. The number of amides is 1. The van der Waals surface area contributed by atoms with Gasteiger partial charge < -0.3 is 10.1 Å². The Labute approximate surface area is 180 Å². The molecule has 1 atom stereocenters. The lowest BCUT2D eigenvalue weighted by atomic mass is 9.73. The van der Waals surface area contributed by atoms with E-state index in [0.717, 1.165) is 53.8 Å². The summed E-state index contributed by atoms with van der Waals surface area (Å²) in [6, 6.07) is 12.0. The van der Waals surface area contributed by atoms with Crippen LogP contribution in [0.5, 0.6) is 5.75 Å². The number of aryl methyl sites for hydroxylation is 1. The molecule has 0 saturated carbocycles. The van der Waals surface area contributed by atoms with Crippen LogP contribution < -0.4 is 10.1 Å². The standard InChI is InChI=1S/C23H25ClN4O2/c1-15(14-30-18-4-6-21-16(11-18)13-25-27(21)2)28-9-7-23(8-10-28)19-12-17(24)3-5-20(19)26-22(23)29/h3-6,11-13,15H,7-10,14H2,1-2H3,(H,26,29). The Morgan fingerprint density at radius 1 is 1.23 bits per heavy atom. The van der Waals surface area contributed by atoms with Crippen LogP contribution >= 0.6 is 11.6 Å². The van der Waals surface area contributed by atoms with Gasteiger partial charge in [0.15, 0.2) is 0 Å². The molecule has 2 aliphatic heterocycles. The topological polar surface area (TPSA) is 59.4 Å². The van der Waals surface area contributed by atoms with Gasteiger partial charge in [-0.15, -0.1) is 0 Å². The van der Waals surface area contributed by atoms with E-state index in [1.54, 1.807) is 0 Å². The molecule has 156 valence electrons. The lowest BCUT2D eigenvalue weighted by molar-refractivity contribution is -0.122. The number of likely N-dealkylation sites (tertiary alicyclic amines) is 1. The van der Waals surface area contributed by atoms with Gasteiger partial charge in [0.1, 0.15) is 12.4 Å². The summed E-state index contributed by atoms with van der Waals surface area (Å²) in [6.07, 6.45) is 3.43. The van der Waals surface area contributed by atoms with E-state index in [1.165, 1.54) is 0 Å². The third-order valence-corrected chi connectivity index (χ3v) is 6.90. The highest BCUT2D eigenvalue weighted by Crippen LogP contribution is 2.46. The minimum atomic E-state index is -0.456. The summed E-state index contributed by atoms with van der Waals surface area (Å²) in [6.45, 7) is 4.49. The summed E-state index contributed by atoms with van der Waals surface area (Å²) >= 11 is 6.22. The molecule has 3 heterocycles. The molecule has 30 heavy (non-hydrogen) atoms. The minimum Gasteiger partial charge on any atom is -0.492 e. The van der Waals surface area contributed by atoms with E-state index in [1.807, 2.05) is 54.3 Å². The lowest BCUT2D eigenvalue weighted by Crippen LogP contribution is -2.50. The van der Waals surface area contributed by atoms with E-state index in [-0.39, 0.29) is 11.9 Å². The van der Waals surface area contributed by atoms with Gasteiger partial charge in [0.25, 0.3) is 0 Å². The molecule has 0 radical (unpaired) electrons. The van der Waals surface area contributed by atoms with E-state index >= 15 is 0 Å². The molecule has 2 aromatic carbocycles. The van der Waals surface area contributed by atoms with Crippen molar-refractivity contribution in [3.63, 3.8) is 0 Å². The number of aromatic nitrogens is 2. The summed E-state index contributed by atoms with van der Waals surface area (Å²) in [5.41, 5.74) is 2.59. The predicted octanol–water partition coefficient (Wildman–Crippen LogP) is 3.98. The molecule has 6 nitrogen and oxygen atoms in total. The fourth-order valence-corrected chi connectivity index (χ4v) is 4.95. The Hall–Kier alpha value is -2.57. The summed E-state index contributed by atoms with van der Waals surface area (Å²) in [5, 5.41) is 9.08.